The fourth-order valence-corrected chi connectivity index (χ4v) is 4.79. The molecule has 0 aliphatic heterocycles. The zero-order valence-corrected chi connectivity index (χ0v) is 18.9. The Kier molecular flexibility index (Phi) is 8.69. The van der Waals surface area contributed by atoms with E-state index in [-0.39, 0.29) is 0 Å². The molecule has 0 unspecified atom stereocenters. The first-order valence-corrected chi connectivity index (χ1v) is 12.1. The van der Waals surface area contributed by atoms with Crippen molar-refractivity contribution in [2.75, 3.05) is 13.2 Å². The van der Waals surface area contributed by atoms with Gasteiger partial charge < -0.3 is 4.74 Å². The smallest absolute Gasteiger partial charge is 0.150 e. The molecule has 0 heterocycles. The van der Waals surface area contributed by atoms with E-state index in [1.807, 2.05) is 0 Å². The van der Waals surface area contributed by atoms with Gasteiger partial charge in [-0.05, 0) is 35.1 Å². The normalized spacial score (nSPS) is 13.8. The molecule has 0 saturated carbocycles. The largest absolute Gasteiger partial charge is 0.380 e. The summed E-state index contributed by atoms with van der Waals surface area (Å²) in [6, 6.07) is 16.9. The highest BCUT2D eigenvalue weighted by Crippen LogP contribution is 2.50. The summed E-state index contributed by atoms with van der Waals surface area (Å²) in [5.41, 5.74) is 4.01. The predicted molar refractivity (Wildman–Crippen MR) is 126 cm³/mol. The standard InChI is InChI=1S/C28H38O2/c1-3-5-7-8-9-10-11-20-27(29)28(22-30-21-6-4-2)25-18-14-12-16-23(25)24-17-13-15-19-26(24)28/h12-19H,3-11,20-22H2,1-2H3. The number of unbranched alkanes of at least 4 members (excludes halogenated alkanes) is 7. The van der Waals surface area contributed by atoms with Crippen LogP contribution < -0.4 is 0 Å². The predicted octanol–water partition coefficient (Wildman–Crippen LogP) is 7.48. The Hall–Kier alpha value is -1.93. The number of rotatable bonds is 14. The van der Waals surface area contributed by atoms with Gasteiger partial charge in [0.15, 0.2) is 0 Å². The van der Waals surface area contributed by atoms with Crippen LogP contribution in [0.4, 0.5) is 0 Å². The molecule has 162 valence electrons. The van der Waals surface area contributed by atoms with E-state index in [4.69, 9.17) is 4.74 Å². The lowest BCUT2D eigenvalue weighted by Crippen LogP contribution is -2.40. The van der Waals surface area contributed by atoms with E-state index in [0.29, 0.717) is 25.4 Å². The van der Waals surface area contributed by atoms with Crippen molar-refractivity contribution in [3.63, 3.8) is 0 Å². The third kappa shape index (κ3) is 4.86. The number of ketones is 1. The molecular formula is C28H38O2. The van der Waals surface area contributed by atoms with Crippen molar-refractivity contribution in [2.45, 2.75) is 83.5 Å². The summed E-state index contributed by atoms with van der Waals surface area (Å²) >= 11 is 0. The summed E-state index contributed by atoms with van der Waals surface area (Å²) in [6.07, 6.45) is 11.3. The van der Waals surface area contributed by atoms with Crippen molar-refractivity contribution in [2.24, 2.45) is 0 Å². The maximum absolute atomic E-state index is 13.8. The van der Waals surface area contributed by atoms with Crippen LogP contribution in [0.25, 0.3) is 11.1 Å². The molecule has 2 aromatic rings. The Morgan fingerprint density at radius 2 is 1.27 bits per heavy atom. The molecule has 0 saturated heterocycles. The molecule has 0 radical (unpaired) electrons. The second kappa shape index (κ2) is 11.5. The Morgan fingerprint density at radius 3 is 1.87 bits per heavy atom. The minimum absolute atomic E-state index is 0.324. The molecule has 0 spiro atoms. The molecule has 0 atom stereocenters. The molecule has 0 amide bonds. The summed E-state index contributed by atoms with van der Waals surface area (Å²) in [5, 5.41) is 0. The van der Waals surface area contributed by atoms with Crippen LogP contribution in [0.2, 0.25) is 0 Å². The summed E-state index contributed by atoms with van der Waals surface area (Å²) in [7, 11) is 0. The van der Waals surface area contributed by atoms with Gasteiger partial charge in [-0.15, -0.1) is 0 Å². The van der Waals surface area contributed by atoms with Gasteiger partial charge in [0.1, 0.15) is 11.2 Å². The number of hydrogen-bond acceptors (Lipinski definition) is 2. The van der Waals surface area contributed by atoms with Crippen LogP contribution in [-0.4, -0.2) is 19.0 Å². The lowest BCUT2D eigenvalue weighted by molar-refractivity contribution is -0.125. The first-order chi connectivity index (χ1) is 14.8. The summed E-state index contributed by atoms with van der Waals surface area (Å²) in [5.74, 6) is 0.324. The SMILES string of the molecule is CCCCCCCCCC(=O)C1(COCCCC)c2ccccc2-c2ccccc21. The van der Waals surface area contributed by atoms with Gasteiger partial charge in [-0.1, -0.05) is 107 Å². The first kappa shape index (κ1) is 22.7. The molecule has 0 bridgehead atoms. The molecule has 30 heavy (non-hydrogen) atoms. The van der Waals surface area contributed by atoms with Gasteiger partial charge in [-0.3, -0.25) is 4.79 Å². The molecule has 2 heteroatoms. The molecule has 0 fully saturated rings. The van der Waals surface area contributed by atoms with Crippen molar-refractivity contribution >= 4 is 5.78 Å². The molecule has 2 nitrogen and oxygen atoms in total. The van der Waals surface area contributed by atoms with Gasteiger partial charge in [0.25, 0.3) is 0 Å². The summed E-state index contributed by atoms with van der Waals surface area (Å²) < 4.78 is 6.15. The fraction of sp³-hybridized carbons (Fsp3) is 0.536. The number of benzene rings is 2. The molecule has 3 rings (SSSR count). The molecule has 0 N–H and O–H groups in total. The van der Waals surface area contributed by atoms with Gasteiger partial charge in [0.05, 0.1) is 6.61 Å². The van der Waals surface area contributed by atoms with Crippen LogP contribution in [0.5, 0.6) is 0 Å². The van der Waals surface area contributed by atoms with Crippen LogP contribution in [0.3, 0.4) is 0 Å². The minimum atomic E-state index is -0.650. The average Bonchev–Trinajstić information content (AvgIpc) is 3.07. The van der Waals surface area contributed by atoms with Crippen LogP contribution in [0.15, 0.2) is 48.5 Å². The van der Waals surface area contributed by atoms with Crippen LogP contribution >= 0.6 is 0 Å². The van der Waals surface area contributed by atoms with Crippen molar-refractivity contribution in [1.29, 1.82) is 0 Å². The average molecular weight is 407 g/mol. The lowest BCUT2D eigenvalue weighted by Gasteiger charge is -2.30. The van der Waals surface area contributed by atoms with E-state index < -0.39 is 5.41 Å². The maximum Gasteiger partial charge on any atom is 0.150 e. The Balaban J connectivity index is 1.79. The summed E-state index contributed by atoms with van der Waals surface area (Å²) in [4.78, 5) is 13.8. The number of carbonyl (C=O) groups excluding carboxylic acids is 1. The van der Waals surface area contributed by atoms with Gasteiger partial charge >= 0.3 is 0 Å². The quantitative estimate of drug-likeness (QED) is 0.304. The molecule has 0 aromatic heterocycles. The van der Waals surface area contributed by atoms with Crippen molar-refractivity contribution < 1.29 is 9.53 Å². The topological polar surface area (TPSA) is 26.3 Å². The number of hydrogen-bond donors (Lipinski definition) is 0. The molecule has 1 aliphatic rings. The van der Waals surface area contributed by atoms with Crippen molar-refractivity contribution in [3.05, 3.63) is 59.7 Å². The second-order valence-corrected chi connectivity index (χ2v) is 8.70. The van der Waals surface area contributed by atoms with Crippen molar-refractivity contribution in [3.8, 4) is 11.1 Å². The van der Waals surface area contributed by atoms with E-state index >= 15 is 0 Å². The van der Waals surface area contributed by atoms with E-state index in [9.17, 15) is 4.79 Å². The lowest BCUT2D eigenvalue weighted by atomic mass is 9.73. The molecule has 2 aromatic carbocycles. The number of carbonyl (C=O) groups is 1. The monoisotopic (exact) mass is 406 g/mol. The highest BCUT2D eigenvalue weighted by atomic mass is 16.5. The number of fused-ring (bicyclic) bond motifs is 3. The van der Waals surface area contributed by atoms with E-state index in [1.54, 1.807) is 0 Å². The van der Waals surface area contributed by atoms with E-state index in [1.165, 1.54) is 43.2 Å². The molecule has 1 aliphatic carbocycles. The van der Waals surface area contributed by atoms with Crippen LogP contribution in [0, 0.1) is 0 Å². The number of ether oxygens (including phenoxy) is 1. The third-order valence-electron chi connectivity index (χ3n) is 6.51. The zero-order chi connectivity index (χ0) is 21.2. The van der Waals surface area contributed by atoms with Gasteiger partial charge in [-0.25, -0.2) is 0 Å². The second-order valence-electron chi connectivity index (χ2n) is 8.70. The maximum atomic E-state index is 13.8. The number of Topliss-reactive ketones (excluding diaryl/α,β-unsaturated/α-hetero) is 1. The Bertz CT molecular complexity index is 762. The van der Waals surface area contributed by atoms with Gasteiger partial charge in [-0.2, -0.15) is 0 Å². The Labute approximate surface area is 183 Å². The van der Waals surface area contributed by atoms with E-state index in [2.05, 4.69) is 62.4 Å². The van der Waals surface area contributed by atoms with E-state index in [0.717, 1.165) is 36.8 Å². The van der Waals surface area contributed by atoms with Gasteiger partial charge in [0.2, 0.25) is 0 Å². The molecular weight excluding hydrogens is 368 g/mol. The Morgan fingerprint density at radius 1 is 0.733 bits per heavy atom. The third-order valence-corrected chi connectivity index (χ3v) is 6.51. The first-order valence-electron chi connectivity index (χ1n) is 12.1. The van der Waals surface area contributed by atoms with Crippen molar-refractivity contribution in [1.82, 2.24) is 0 Å². The fourth-order valence-electron chi connectivity index (χ4n) is 4.79. The summed E-state index contributed by atoms with van der Waals surface area (Å²) in [6.45, 7) is 5.59. The van der Waals surface area contributed by atoms with Gasteiger partial charge in [0, 0.05) is 13.0 Å². The van der Waals surface area contributed by atoms with Crippen LogP contribution in [0.1, 0.15) is 89.2 Å². The minimum Gasteiger partial charge on any atom is -0.380 e. The zero-order valence-electron chi connectivity index (χ0n) is 18.9. The highest BCUT2D eigenvalue weighted by Gasteiger charge is 2.48. The highest BCUT2D eigenvalue weighted by molar-refractivity contribution is 6.01. The van der Waals surface area contributed by atoms with Crippen LogP contribution in [-0.2, 0) is 14.9 Å².